The number of nitrogens with zero attached hydrogens (tertiary/aromatic N) is 1. The summed E-state index contributed by atoms with van der Waals surface area (Å²) in [5.41, 5.74) is 0.557. The lowest BCUT2D eigenvalue weighted by atomic mass is 9.93. The maximum absolute atomic E-state index is 13.7. The molecule has 1 atom stereocenters. The SMILES string of the molecule is CCNC(CC(CC)CC)c1ncccc1F. The summed E-state index contributed by atoms with van der Waals surface area (Å²) in [6.45, 7) is 7.25. The fourth-order valence-electron chi connectivity index (χ4n) is 2.15. The molecule has 0 aliphatic carbocycles. The molecule has 96 valence electrons. The van der Waals surface area contributed by atoms with E-state index in [9.17, 15) is 4.39 Å². The molecule has 2 nitrogen and oxygen atoms in total. The summed E-state index contributed by atoms with van der Waals surface area (Å²) >= 11 is 0. The number of pyridine rings is 1. The molecule has 0 aromatic carbocycles. The van der Waals surface area contributed by atoms with E-state index < -0.39 is 0 Å². The number of hydrogen-bond donors (Lipinski definition) is 1. The van der Waals surface area contributed by atoms with Crippen LogP contribution in [-0.2, 0) is 0 Å². The lowest BCUT2D eigenvalue weighted by Gasteiger charge is -2.22. The molecule has 0 radical (unpaired) electrons. The predicted molar refractivity (Wildman–Crippen MR) is 69.3 cm³/mol. The van der Waals surface area contributed by atoms with Crippen LogP contribution in [0.5, 0.6) is 0 Å². The summed E-state index contributed by atoms with van der Waals surface area (Å²) in [4.78, 5) is 4.18. The summed E-state index contributed by atoms with van der Waals surface area (Å²) in [7, 11) is 0. The quantitative estimate of drug-likeness (QED) is 0.783. The van der Waals surface area contributed by atoms with Gasteiger partial charge in [0.1, 0.15) is 5.82 Å². The van der Waals surface area contributed by atoms with Crippen LogP contribution < -0.4 is 5.32 Å². The molecule has 0 fully saturated rings. The van der Waals surface area contributed by atoms with Gasteiger partial charge in [-0.2, -0.15) is 0 Å². The zero-order valence-electron chi connectivity index (χ0n) is 11.0. The van der Waals surface area contributed by atoms with Gasteiger partial charge in [0.25, 0.3) is 0 Å². The second kappa shape index (κ2) is 7.38. The van der Waals surface area contributed by atoms with Crippen molar-refractivity contribution in [2.45, 2.75) is 46.1 Å². The average molecular weight is 238 g/mol. The van der Waals surface area contributed by atoms with E-state index in [0.717, 1.165) is 25.8 Å². The molecule has 1 unspecified atom stereocenters. The number of hydrogen-bond acceptors (Lipinski definition) is 2. The molecular formula is C14H23FN2. The molecule has 0 amide bonds. The van der Waals surface area contributed by atoms with Gasteiger partial charge in [-0.05, 0) is 31.0 Å². The maximum atomic E-state index is 13.7. The van der Waals surface area contributed by atoms with Gasteiger partial charge in [-0.1, -0.05) is 33.6 Å². The standard InChI is InChI=1S/C14H23FN2/c1-4-11(5-2)10-13(16-6-3)14-12(15)8-7-9-17-14/h7-9,11,13,16H,4-6,10H2,1-3H3. The van der Waals surface area contributed by atoms with Crippen molar-refractivity contribution in [2.75, 3.05) is 6.54 Å². The minimum Gasteiger partial charge on any atom is -0.309 e. The van der Waals surface area contributed by atoms with Crippen LogP contribution in [-0.4, -0.2) is 11.5 Å². The summed E-state index contributed by atoms with van der Waals surface area (Å²) in [6, 6.07) is 3.16. The van der Waals surface area contributed by atoms with Crippen molar-refractivity contribution >= 4 is 0 Å². The van der Waals surface area contributed by atoms with E-state index in [1.165, 1.54) is 6.07 Å². The maximum Gasteiger partial charge on any atom is 0.146 e. The van der Waals surface area contributed by atoms with E-state index in [1.807, 2.05) is 6.92 Å². The fourth-order valence-corrected chi connectivity index (χ4v) is 2.15. The molecule has 17 heavy (non-hydrogen) atoms. The number of rotatable bonds is 7. The zero-order chi connectivity index (χ0) is 12.7. The first kappa shape index (κ1) is 14.1. The summed E-state index contributed by atoms with van der Waals surface area (Å²) in [5, 5.41) is 3.34. The van der Waals surface area contributed by atoms with Crippen molar-refractivity contribution in [2.24, 2.45) is 5.92 Å². The van der Waals surface area contributed by atoms with E-state index in [1.54, 1.807) is 12.3 Å². The molecule has 0 saturated heterocycles. The van der Waals surface area contributed by atoms with Crippen LogP contribution >= 0.6 is 0 Å². The van der Waals surface area contributed by atoms with Gasteiger partial charge in [-0.3, -0.25) is 4.98 Å². The van der Waals surface area contributed by atoms with Crippen LogP contribution in [0, 0.1) is 11.7 Å². The van der Waals surface area contributed by atoms with Gasteiger partial charge < -0.3 is 5.32 Å². The van der Waals surface area contributed by atoms with Crippen LogP contribution in [0.15, 0.2) is 18.3 Å². The third-order valence-electron chi connectivity index (χ3n) is 3.29. The van der Waals surface area contributed by atoms with Gasteiger partial charge in [0.05, 0.1) is 11.7 Å². The molecule has 3 heteroatoms. The Morgan fingerprint density at radius 2 is 2.00 bits per heavy atom. The van der Waals surface area contributed by atoms with E-state index in [2.05, 4.69) is 24.1 Å². The number of aromatic nitrogens is 1. The van der Waals surface area contributed by atoms with Crippen molar-refractivity contribution in [3.8, 4) is 0 Å². The van der Waals surface area contributed by atoms with Crippen molar-refractivity contribution in [1.82, 2.24) is 10.3 Å². The number of halogens is 1. The molecule has 1 heterocycles. The number of nitrogens with one attached hydrogen (secondary N) is 1. The Labute approximate surface area is 104 Å². The summed E-state index contributed by atoms with van der Waals surface area (Å²) < 4.78 is 13.7. The first-order chi connectivity index (χ1) is 8.22. The second-order valence-electron chi connectivity index (χ2n) is 4.40. The normalized spacial score (nSPS) is 13.0. The Morgan fingerprint density at radius 1 is 1.29 bits per heavy atom. The molecule has 1 aromatic heterocycles. The predicted octanol–water partition coefficient (Wildman–Crippen LogP) is 3.70. The molecule has 1 N–H and O–H groups in total. The smallest absolute Gasteiger partial charge is 0.146 e. The van der Waals surface area contributed by atoms with Crippen molar-refractivity contribution < 1.29 is 4.39 Å². The third kappa shape index (κ3) is 4.08. The van der Waals surface area contributed by atoms with E-state index >= 15 is 0 Å². The highest BCUT2D eigenvalue weighted by Crippen LogP contribution is 2.25. The molecular weight excluding hydrogens is 215 g/mol. The van der Waals surface area contributed by atoms with Gasteiger partial charge in [0.15, 0.2) is 0 Å². The van der Waals surface area contributed by atoms with E-state index in [-0.39, 0.29) is 11.9 Å². The zero-order valence-corrected chi connectivity index (χ0v) is 11.0. The minimum absolute atomic E-state index is 0.0334. The lowest BCUT2D eigenvalue weighted by Crippen LogP contribution is -2.25. The Bertz CT molecular complexity index is 324. The lowest BCUT2D eigenvalue weighted by molar-refractivity contribution is 0.362. The van der Waals surface area contributed by atoms with Gasteiger partial charge in [-0.25, -0.2) is 4.39 Å². The van der Waals surface area contributed by atoms with Crippen molar-refractivity contribution in [3.05, 3.63) is 29.8 Å². The molecule has 1 aromatic rings. The van der Waals surface area contributed by atoms with Crippen LogP contribution in [0.4, 0.5) is 4.39 Å². The second-order valence-corrected chi connectivity index (χ2v) is 4.40. The fraction of sp³-hybridized carbons (Fsp3) is 0.643. The molecule has 0 saturated carbocycles. The molecule has 0 bridgehead atoms. The average Bonchev–Trinajstić information content (AvgIpc) is 2.35. The summed E-state index contributed by atoms with van der Waals surface area (Å²) in [6.07, 6.45) is 4.88. The van der Waals surface area contributed by atoms with Crippen molar-refractivity contribution in [1.29, 1.82) is 0 Å². The van der Waals surface area contributed by atoms with E-state index in [4.69, 9.17) is 0 Å². The van der Waals surface area contributed by atoms with Crippen LogP contribution in [0.25, 0.3) is 0 Å². The highest BCUT2D eigenvalue weighted by Gasteiger charge is 2.19. The Hall–Kier alpha value is -0.960. The molecule has 1 rings (SSSR count). The first-order valence-corrected chi connectivity index (χ1v) is 6.56. The van der Waals surface area contributed by atoms with Crippen LogP contribution in [0.3, 0.4) is 0 Å². The Morgan fingerprint density at radius 3 is 2.53 bits per heavy atom. The van der Waals surface area contributed by atoms with Crippen LogP contribution in [0.2, 0.25) is 0 Å². The van der Waals surface area contributed by atoms with Gasteiger partial charge in [0.2, 0.25) is 0 Å². The van der Waals surface area contributed by atoms with Crippen LogP contribution in [0.1, 0.15) is 51.8 Å². The highest BCUT2D eigenvalue weighted by molar-refractivity contribution is 5.11. The van der Waals surface area contributed by atoms with Gasteiger partial charge in [0, 0.05) is 6.20 Å². The summed E-state index contributed by atoms with van der Waals surface area (Å²) in [5.74, 6) is 0.421. The Kier molecular flexibility index (Phi) is 6.12. The largest absolute Gasteiger partial charge is 0.309 e. The van der Waals surface area contributed by atoms with Gasteiger partial charge in [-0.15, -0.1) is 0 Å². The molecule has 0 aliphatic heterocycles. The monoisotopic (exact) mass is 238 g/mol. The Balaban J connectivity index is 2.81. The molecule has 0 spiro atoms. The topological polar surface area (TPSA) is 24.9 Å². The molecule has 0 aliphatic rings. The van der Waals surface area contributed by atoms with Gasteiger partial charge >= 0.3 is 0 Å². The van der Waals surface area contributed by atoms with Crippen molar-refractivity contribution in [3.63, 3.8) is 0 Å². The minimum atomic E-state index is -0.204. The highest BCUT2D eigenvalue weighted by atomic mass is 19.1. The third-order valence-corrected chi connectivity index (χ3v) is 3.29. The first-order valence-electron chi connectivity index (χ1n) is 6.56. The van der Waals surface area contributed by atoms with E-state index in [0.29, 0.717) is 11.6 Å².